The summed E-state index contributed by atoms with van der Waals surface area (Å²) in [5, 5.41) is 4.95. The molecule has 1 unspecified atom stereocenters. The van der Waals surface area contributed by atoms with Crippen molar-refractivity contribution in [3.63, 3.8) is 0 Å². The van der Waals surface area contributed by atoms with Gasteiger partial charge in [-0.3, -0.25) is 4.90 Å². The van der Waals surface area contributed by atoms with Crippen LogP contribution in [0.2, 0.25) is 0 Å². The maximum atomic E-state index is 5.51. The number of likely N-dealkylation sites (N-methyl/N-ethyl adjacent to an activating group) is 1. The number of hydrogen-bond acceptors (Lipinski definition) is 3. The number of aryl methyl sites for hydroxylation is 1. The van der Waals surface area contributed by atoms with Crippen molar-refractivity contribution >= 4 is 10.9 Å². The number of rotatable bonds is 8. The maximum absolute atomic E-state index is 5.51. The zero-order valence-electron chi connectivity index (χ0n) is 15.6. The molecule has 1 N–H and O–H groups in total. The van der Waals surface area contributed by atoms with Crippen molar-refractivity contribution in [2.45, 2.75) is 46.3 Å². The molecule has 0 fully saturated rings. The van der Waals surface area contributed by atoms with Crippen LogP contribution in [-0.2, 0) is 31.3 Å². The van der Waals surface area contributed by atoms with E-state index >= 15 is 0 Å². The molecule has 0 saturated carbocycles. The third kappa shape index (κ3) is 3.66. The van der Waals surface area contributed by atoms with Crippen molar-refractivity contribution in [1.82, 2.24) is 14.8 Å². The molecular formula is C20H31N3O. The summed E-state index contributed by atoms with van der Waals surface area (Å²) in [5.41, 5.74) is 5.78. The van der Waals surface area contributed by atoms with E-state index in [2.05, 4.69) is 60.9 Å². The normalized spacial score (nSPS) is 16.0. The molecule has 4 heteroatoms. The topological polar surface area (TPSA) is 29.4 Å². The van der Waals surface area contributed by atoms with Crippen LogP contribution >= 0.6 is 0 Å². The minimum absolute atomic E-state index is 0.511. The van der Waals surface area contributed by atoms with Gasteiger partial charge in [-0.05, 0) is 55.6 Å². The van der Waals surface area contributed by atoms with Crippen LogP contribution < -0.4 is 5.32 Å². The van der Waals surface area contributed by atoms with Crippen LogP contribution in [0.4, 0.5) is 0 Å². The number of hydrogen-bond donors (Lipinski definition) is 1. The van der Waals surface area contributed by atoms with Crippen molar-refractivity contribution in [2.75, 3.05) is 26.3 Å². The van der Waals surface area contributed by atoms with Crippen molar-refractivity contribution < 1.29 is 4.74 Å². The molecule has 132 valence electrons. The van der Waals surface area contributed by atoms with Crippen LogP contribution in [0.15, 0.2) is 18.3 Å². The van der Waals surface area contributed by atoms with E-state index in [1.165, 1.54) is 27.6 Å². The summed E-state index contributed by atoms with van der Waals surface area (Å²) >= 11 is 0. The first-order valence-corrected chi connectivity index (χ1v) is 9.25. The van der Waals surface area contributed by atoms with Gasteiger partial charge in [0, 0.05) is 56.4 Å². The quantitative estimate of drug-likeness (QED) is 0.755. The molecule has 24 heavy (non-hydrogen) atoms. The second-order valence-electron chi connectivity index (χ2n) is 6.97. The standard InChI is InChI=1S/C20H31N3O/c1-5-21-15(3)9-18-12-22(4)20-11-17-14-23(7-8-24-6-2)13-16(17)10-19(18)20/h10-12,15,21H,5-9,13-14H2,1-4H3. The van der Waals surface area contributed by atoms with Gasteiger partial charge in [0.1, 0.15) is 0 Å². The van der Waals surface area contributed by atoms with E-state index in [1.54, 1.807) is 0 Å². The van der Waals surface area contributed by atoms with Gasteiger partial charge in [0.2, 0.25) is 0 Å². The van der Waals surface area contributed by atoms with Crippen LogP contribution in [0.5, 0.6) is 0 Å². The lowest BCUT2D eigenvalue weighted by atomic mass is 10.0. The van der Waals surface area contributed by atoms with Crippen molar-refractivity contribution in [2.24, 2.45) is 7.05 Å². The summed E-state index contributed by atoms with van der Waals surface area (Å²) in [6, 6.07) is 5.34. The summed E-state index contributed by atoms with van der Waals surface area (Å²) in [5.74, 6) is 0. The Bertz CT molecular complexity index is 692. The molecule has 0 spiro atoms. The van der Waals surface area contributed by atoms with Crippen molar-refractivity contribution in [3.05, 3.63) is 35.0 Å². The number of benzene rings is 1. The van der Waals surface area contributed by atoms with E-state index in [-0.39, 0.29) is 0 Å². The third-order valence-corrected chi connectivity index (χ3v) is 5.02. The van der Waals surface area contributed by atoms with Crippen LogP contribution in [0.1, 0.15) is 37.5 Å². The molecule has 2 aromatic rings. The maximum Gasteiger partial charge on any atom is 0.0593 e. The van der Waals surface area contributed by atoms with Gasteiger partial charge in [-0.1, -0.05) is 6.92 Å². The average molecular weight is 329 g/mol. The molecule has 1 aliphatic rings. The average Bonchev–Trinajstić information content (AvgIpc) is 3.07. The Kier molecular flexibility index (Phi) is 5.59. The van der Waals surface area contributed by atoms with E-state index in [0.717, 1.165) is 45.8 Å². The summed E-state index contributed by atoms with van der Waals surface area (Å²) < 4.78 is 7.79. The first kappa shape index (κ1) is 17.5. The molecule has 4 nitrogen and oxygen atoms in total. The first-order chi connectivity index (χ1) is 11.6. The van der Waals surface area contributed by atoms with Crippen LogP contribution in [0.3, 0.4) is 0 Å². The largest absolute Gasteiger partial charge is 0.380 e. The summed E-state index contributed by atoms with van der Waals surface area (Å²) in [7, 11) is 2.16. The Labute approximate surface area is 145 Å². The van der Waals surface area contributed by atoms with E-state index in [9.17, 15) is 0 Å². The Hall–Kier alpha value is -1.36. The number of nitrogens with one attached hydrogen (secondary N) is 1. The number of nitrogens with zero attached hydrogens (tertiary/aromatic N) is 2. The lowest BCUT2D eigenvalue weighted by Gasteiger charge is -2.13. The predicted molar refractivity (Wildman–Crippen MR) is 100 cm³/mol. The molecule has 0 bridgehead atoms. The van der Waals surface area contributed by atoms with Crippen molar-refractivity contribution in [1.29, 1.82) is 0 Å². The second-order valence-corrected chi connectivity index (χ2v) is 6.97. The smallest absolute Gasteiger partial charge is 0.0593 e. The first-order valence-electron chi connectivity index (χ1n) is 9.25. The van der Waals surface area contributed by atoms with Gasteiger partial charge in [-0.2, -0.15) is 0 Å². The Morgan fingerprint density at radius 3 is 2.67 bits per heavy atom. The highest BCUT2D eigenvalue weighted by Crippen LogP contribution is 2.30. The molecule has 1 aromatic heterocycles. The molecule has 0 radical (unpaired) electrons. The fourth-order valence-electron chi connectivity index (χ4n) is 3.84. The van der Waals surface area contributed by atoms with Gasteiger partial charge in [-0.15, -0.1) is 0 Å². The fourth-order valence-corrected chi connectivity index (χ4v) is 3.84. The highest BCUT2D eigenvalue weighted by molar-refractivity contribution is 5.86. The van der Waals surface area contributed by atoms with E-state index in [4.69, 9.17) is 4.74 Å². The van der Waals surface area contributed by atoms with Crippen molar-refractivity contribution in [3.8, 4) is 0 Å². The Morgan fingerprint density at radius 2 is 1.96 bits per heavy atom. The monoisotopic (exact) mass is 329 g/mol. The minimum Gasteiger partial charge on any atom is -0.380 e. The van der Waals surface area contributed by atoms with E-state index in [1.807, 2.05) is 0 Å². The summed E-state index contributed by atoms with van der Waals surface area (Å²) in [6.07, 6.45) is 3.39. The highest BCUT2D eigenvalue weighted by Gasteiger charge is 2.21. The third-order valence-electron chi connectivity index (χ3n) is 5.02. The molecule has 0 amide bonds. The van der Waals surface area contributed by atoms with Gasteiger partial charge in [-0.25, -0.2) is 0 Å². The number of aromatic nitrogens is 1. The van der Waals surface area contributed by atoms with E-state index in [0.29, 0.717) is 6.04 Å². The molecule has 2 heterocycles. The molecule has 0 saturated heterocycles. The summed E-state index contributed by atoms with van der Waals surface area (Å²) in [4.78, 5) is 2.49. The van der Waals surface area contributed by atoms with Gasteiger partial charge >= 0.3 is 0 Å². The zero-order chi connectivity index (χ0) is 17.1. The molecular weight excluding hydrogens is 298 g/mol. The van der Waals surface area contributed by atoms with Crippen LogP contribution in [0, 0.1) is 0 Å². The number of ether oxygens (including phenoxy) is 1. The predicted octanol–water partition coefficient (Wildman–Crippen LogP) is 3.07. The fraction of sp³-hybridized carbons (Fsp3) is 0.600. The second kappa shape index (κ2) is 7.68. The van der Waals surface area contributed by atoms with Gasteiger partial charge < -0.3 is 14.6 Å². The minimum atomic E-state index is 0.511. The zero-order valence-corrected chi connectivity index (χ0v) is 15.6. The van der Waals surface area contributed by atoms with Gasteiger partial charge in [0.25, 0.3) is 0 Å². The van der Waals surface area contributed by atoms with Gasteiger partial charge in [0.05, 0.1) is 6.61 Å². The van der Waals surface area contributed by atoms with E-state index < -0.39 is 0 Å². The lowest BCUT2D eigenvalue weighted by Crippen LogP contribution is -2.27. The summed E-state index contributed by atoms with van der Waals surface area (Å²) in [6.45, 7) is 12.3. The van der Waals surface area contributed by atoms with Gasteiger partial charge in [0.15, 0.2) is 0 Å². The SMILES string of the molecule is CCNC(C)Cc1cn(C)c2cc3c(cc12)CN(CCOCC)C3. The van der Waals surface area contributed by atoms with Crippen LogP contribution in [-0.4, -0.2) is 41.8 Å². The highest BCUT2D eigenvalue weighted by atomic mass is 16.5. The lowest BCUT2D eigenvalue weighted by molar-refractivity contribution is 0.113. The van der Waals surface area contributed by atoms with Crippen LogP contribution in [0.25, 0.3) is 10.9 Å². The molecule has 1 aromatic carbocycles. The Morgan fingerprint density at radius 1 is 1.21 bits per heavy atom. The molecule has 3 rings (SSSR count). The number of fused-ring (bicyclic) bond motifs is 2. The molecule has 0 aliphatic carbocycles. The molecule has 1 aliphatic heterocycles. The Balaban J connectivity index is 1.80. The molecule has 1 atom stereocenters.